The molecule has 2 aromatic rings. The van der Waals surface area contributed by atoms with Gasteiger partial charge >= 0.3 is 0 Å². The van der Waals surface area contributed by atoms with Gasteiger partial charge in [-0.05, 0) is 37.1 Å². The van der Waals surface area contributed by atoms with Crippen molar-refractivity contribution in [2.75, 3.05) is 38.3 Å². The number of benzene rings is 2. The Bertz CT molecular complexity index is 721. The van der Waals surface area contributed by atoms with Crippen molar-refractivity contribution in [1.82, 2.24) is 5.32 Å². The van der Waals surface area contributed by atoms with Crippen LogP contribution in [0.15, 0.2) is 48.5 Å². The molecule has 27 heavy (non-hydrogen) atoms. The number of amides is 1. The minimum Gasteiger partial charge on any atom is -0.508 e. The second-order valence-electron chi connectivity index (χ2n) is 6.30. The molecule has 1 amide bonds. The maximum absolute atomic E-state index is 10.9. The summed E-state index contributed by atoms with van der Waals surface area (Å²) < 4.78 is 11.4. The van der Waals surface area contributed by atoms with Crippen LogP contribution in [0.1, 0.15) is 19.8 Å². The average Bonchev–Trinajstić information content (AvgIpc) is 2.64. The van der Waals surface area contributed by atoms with Crippen molar-refractivity contribution in [1.29, 1.82) is 0 Å². The second kappa shape index (κ2) is 11.0. The summed E-state index contributed by atoms with van der Waals surface area (Å²) >= 11 is 0. The molecule has 0 radical (unpaired) electrons. The molecular formula is C21H28N2O4. The summed E-state index contributed by atoms with van der Waals surface area (Å²) in [4.78, 5) is 13.0. The maximum atomic E-state index is 10.9. The Hall–Kier alpha value is -2.89. The van der Waals surface area contributed by atoms with E-state index < -0.39 is 0 Å². The molecule has 0 unspecified atom stereocenters. The van der Waals surface area contributed by atoms with Gasteiger partial charge in [0.15, 0.2) is 0 Å². The minimum atomic E-state index is -0.0199. The second-order valence-corrected chi connectivity index (χ2v) is 6.30. The van der Waals surface area contributed by atoms with Gasteiger partial charge < -0.3 is 24.8 Å². The van der Waals surface area contributed by atoms with Crippen LogP contribution in [-0.4, -0.2) is 44.4 Å². The van der Waals surface area contributed by atoms with E-state index in [2.05, 4.69) is 10.2 Å². The number of nitrogens with zero attached hydrogens (tertiary/aromatic N) is 1. The average molecular weight is 372 g/mol. The van der Waals surface area contributed by atoms with Crippen molar-refractivity contribution in [3.8, 4) is 17.2 Å². The van der Waals surface area contributed by atoms with Crippen LogP contribution in [0.3, 0.4) is 0 Å². The molecular weight excluding hydrogens is 344 g/mol. The summed E-state index contributed by atoms with van der Waals surface area (Å²) in [6, 6.07) is 14.7. The van der Waals surface area contributed by atoms with Crippen LogP contribution in [-0.2, 0) is 4.79 Å². The van der Waals surface area contributed by atoms with Crippen molar-refractivity contribution in [3.63, 3.8) is 0 Å². The van der Waals surface area contributed by atoms with Crippen molar-refractivity contribution in [2.45, 2.75) is 19.8 Å². The van der Waals surface area contributed by atoms with Crippen LogP contribution in [0.25, 0.3) is 0 Å². The van der Waals surface area contributed by atoms with Gasteiger partial charge in [0.2, 0.25) is 5.91 Å². The van der Waals surface area contributed by atoms with Gasteiger partial charge in [-0.15, -0.1) is 0 Å². The number of carbonyl (C=O) groups is 1. The number of unbranched alkanes of at least 4 members (excludes halogenated alkanes) is 1. The van der Waals surface area contributed by atoms with Crippen molar-refractivity contribution in [3.05, 3.63) is 48.5 Å². The van der Waals surface area contributed by atoms with Crippen LogP contribution in [0, 0.1) is 0 Å². The Kier molecular flexibility index (Phi) is 8.29. The highest BCUT2D eigenvalue weighted by molar-refractivity contribution is 5.72. The van der Waals surface area contributed by atoms with Crippen LogP contribution < -0.4 is 19.7 Å². The Balaban J connectivity index is 1.66. The first kappa shape index (κ1) is 20.4. The Morgan fingerprint density at radius 1 is 1.04 bits per heavy atom. The zero-order valence-electron chi connectivity index (χ0n) is 16.0. The smallest absolute Gasteiger partial charge is 0.216 e. The fourth-order valence-corrected chi connectivity index (χ4v) is 2.50. The van der Waals surface area contributed by atoms with Gasteiger partial charge in [-0.1, -0.05) is 12.1 Å². The van der Waals surface area contributed by atoms with Crippen molar-refractivity contribution < 1.29 is 19.4 Å². The summed E-state index contributed by atoms with van der Waals surface area (Å²) in [6.07, 6.45) is 1.74. The van der Waals surface area contributed by atoms with E-state index in [-0.39, 0.29) is 11.7 Å². The molecule has 6 nitrogen and oxygen atoms in total. The van der Waals surface area contributed by atoms with E-state index >= 15 is 0 Å². The molecule has 0 atom stereocenters. The Morgan fingerprint density at radius 3 is 2.30 bits per heavy atom. The third kappa shape index (κ3) is 7.90. The van der Waals surface area contributed by atoms with E-state index in [0.717, 1.165) is 30.8 Å². The van der Waals surface area contributed by atoms with Gasteiger partial charge in [0, 0.05) is 44.9 Å². The zero-order valence-corrected chi connectivity index (χ0v) is 16.0. The molecule has 6 heteroatoms. The molecule has 0 aliphatic carbocycles. The van der Waals surface area contributed by atoms with Gasteiger partial charge in [-0.3, -0.25) is 4.79 Å². The van der Waals surface area contributed by atoms with Crippen LogP contribution in [0.5, 0.6) is 17.2 Å². The lowest BCUT2D eigenvalue weighted by molar-refractivity contribution is -0.118. The molecule has 0 saturated heterocycles. The quantitative estimate of drug-likeness (QED) is 0.593. The third-order valence-corrected chi connectivity index (χ3v) is 3.97. The summed E-state index contributed by atoms with van der Waals surface area (Å²) in [6.45, 7) is 4.05. The van der Waals surface area contributed by atoms with E-state index in [1.165, 1.54) is 6.92 Å². The number of hydrogen-bond donors (Lipinski definition) is 2. The topological polar surface area (TPSA) is 71.0 Å². The summed E-state index contributed by atoms with van der Waals surface area (Å²) in [5, 5.41) is 12.2. The lowest BCUT2D eigenvalue weighted by atomic mass is 10.2. The molecule has 0 fully saturated rings. The number of likely N-dealkylation sites (N-methyl/N-ethyl adjacent to an activating group) is 1. The maximum Gasteiger partial charge on any atom is 0.216 e. The van der Waals surface area contributed by atoms with E-state index in [1.807, 2.05) is 37.4 Å². The molecule has 0 saturated carbocycles. The molecule has 0 aromatic heterocycles. The predicted octanol–water partition coefficient (Wildman–Crippen LogP) is 3.20. The number of rotatable bonds is 11. The first-order chi connectivity index (χ1) is 13.0. The lowest BCUT2D eigenvalue weighted by Crippen LogP contribution is -2.31. The first-order valence-corrected chi connectivity index (χ1v) is 9.15. The SMILES string of the molecule is CC(=O)NCCN(C)c1cccc(OCCCCOc2cccc(O)c2)c1. The van der Waals surface area contributed by atoms with Gasteiger partial charge in [-0.25, -0.2) is 0 Å². The van der Waals surface area contributed by atoms with Gasteiger partial charge in [0.1, 0.15) is 17.2 Å². The molecule has 2 N–H and O–H groups in total. The van der Waals surface area contributed by atoms with Crippen LogP contribution in [0.2, 0.25) is 0 Å². The highest BCUT2D eigenvalue weighted by Crippen LogP contribution is 2.20. The first-order valence-electron chi connectivity index (χ1n) is 9.15. The third-order valence-electron chi connectivity index (χ3n) is 3.97. The normalized spacial score (nSPS) is 10.3. The van der Waals surface area contributed by atoms with Gasteiger partial charge in [0.05, 0.1) is 13.2 Å². The number of hydrogen-bond acceptors (Lipinski definition) is 5. The summed E-state index contributed by atoms with van der Waals surface area (Å²) in [5.41, 5.74) is 1.05. The molecule has 0 spiro atoms. The standard InChI is InChI=1S/C21H28N2O4/c1-17(24)22-11-12-23(2)18-7-5-9-20(15-18)26-13-3-4-14-27-21-10-6-8-19(25)16-21/h5-10,15-16,25H,3-4,11-14H2,1-2H3,(H,22,24). The van der Waals surface area contributed by atoms with E-state index in [9.17, 15) is 9.90 Å². The molecule has 0 bridgehead atoms. The number of nitrogens with one attached hydrogen (secondary N) is 1. The van der Waals surface area contributed by atoms with E-state index in [4.69, 9.17) is 9.47 Å². The summed E-state index contributed by atoms with van der Waals surface area (Å²) in [5.74, 6) is 1.69. The highest BCUT2D eigenvalue weighted by Gasteiger charge is 2.03. The number of phenolic OH excluding ortho intramolecular Hbond substituents is 1. The molecule has 0 aliphatic heterocycles. The Labute approximate surface area is 160 Å². The van der Waals surface area contributed by atoms with Crippen molar-refractivity contribution >= 4 is 11.6 Å². The lowest BCUT2D eigenvalue weighted by Gasteiger charge is -2.20. The molecule has 0 heterocycles. The monoisotopic (exact) mass is 372 g/mol. The Morgan fingerprint density at radius 2 is 1.67 bits per heavy atom. The summed E-state index contributed by atoms with van der Waals surface area (Å²) in [7, 11) is 1.99. The van der Waals surface area contributed by atoms with Crippen molar-refractivity contribution in [2.24, 2.45) is 0 Å². The number of carbonyl (C=O) groups excluding carboxylic acids is 1. The van der Waals surface area contributed by atoms with Crippen LogP contribution in [0.4, 0.5) is 5.69 Å². The minimum absolute atomic E-state index is 0.0199. The molecule has 0 aliphatic rings. The fraction of sp³-hybridized carbons (Fsp3) is 0.381. The number of ether oxygens (including phenoxy) is 2. The zero-order chi connectivity index (χ0) is 19.5. The van der Waals surface area contributed by atoms with Gasteiger partial charge in [0.25, 0.3) is 0 Å². The fourth-order valence-electron chi connectivity index (χ4n) is 2.50. The molecule has 2 aromatic carbocycles. The number of aromatic hydroxyl groups is 1. The highest BCUT2D eigenvalue weighted by atomic mass is 16.5. The largest absolute Gasteiger partial charge is 0.508 e. The number of phenols is 1. The van der Waals surface area contributed by atoms with Crippen LogP contribution >= 0.6 is 0 Å². The molecule has 146 valence electrons. The van der Waals surface area contributed by atoms with E-state index in [0.29, 0.717) is 25.5 Å². The number of anilines is 1. The predicted molar refractivity (Wildman–Crippen MR) is 107 cm³/mol. The van der Waals surface area contributed by atoms with Gasteiger partial charge in [-0.2, -0.15) is 0 Å². The molecule has 2 rings (SSSR count). The van der Waals surface area contributed by atoms with E-state index in [1.54, 1.807) is 18.2 Å².